The van der Waals surface area contributed by atoms with Crippen molar-refractivity contribution in [1.29, 1.82) is 0 Å². The van der Waals surface area contributed by atoms with Crippen LogP contribution in [0.5, 0.6) is 5.75 Å². The number of nitrogens with two attached hydrogens (primary N) is 1. The van der Waals surface area contributed by atoms with Crippen molar-refractivity contribution in [3.63, 3.8) is 0 Å². The van der Waals surface area contributed by atoms with Gasteiger partial charge in [-0.3, -0.25) is 0 Å². The highest BCUT2D eigenvalue weighted by Gasteiger charge is 2.26. The van der Waals surface area contributed by atoms with E-state index in [1.807, 2.05) is 31.2 Å². The maximum Gasteiger partial charge on any atom is 0.217 e. The average Bonchev–Trinajstić information content (AvgIpc) is 2.41. The van der Waals surface area contributed by atoms with Crippen LogP contribution < -0.4 is 10.5 Å². The zero-order valence-corrected chi connectivity index (χ0v) is 12.6. The van der Waals surface area contributed by atoms with Crippen LogP contribution in [0, 0.1) is 6.92 Å². The molecule has 20 heavy (non-hydrogen) atoms. The van der Waals surface area contributed by atoms with Crippen LogP contribution in [0.1, 0.15) is 18.4 Å². The van der Waals surface area contributed by atoms with Gasteiger partial charge in [0.1, 0.15) is 12.4 Å². The number of nitrogens with zero attached hydrogens (tertiary/aromatic N) is 1. The molecule has 1 aliphatic heterocycles. The molecule has 1 aromatic carbocycles. The standard InChI is InChI=1S/C14H22N2O3S/c1-12-2-4-14(5-3-12)19-10-11-20(17,18)16-8-6-13(15)7-9-16/h2-5,13H,6-11,15H2,1H3. The molecule has 2 rings (SSSR count). The first-order valence-electron chi connectivity index (χ1n) is 6.90. The van der Waals surface area contributed by atoms with E-state index in [-0.39, 0.29) is 18.4 Å². The van der Waals surface area contributed by atoms with Gasteiger partial charge in [-0.1, -0.05) is 17.7 Å². The highest BCUT2D eigenvalue weighted by atomic mass is 32.2. The van der Waals surface area contributed by atoms with Crippen molar-refractivity contribution < 1.29 is 13.2 Å². The first-order chi connectivity index (χ1) is 9.47. The lowest BCUT2D eigenvalue weighted by molar-refractivity contribution is 0.308. The third-order valence-corrected chi connectivity index (χ3v) is 5.36. The summed E-state index contributed by atoms with van der Waals surface area (Å²) in [5.41, 5.74) is 6.93. The summed E-state index contributed by atoms with van der Waals surface area (Å²) in [4.78, 5) is 0. The molecule has 1 aromatic rings. The molecule has 0 bridgehead atoms. The molecule has 2 N–H and O–H groups in total. The quantitative estimate of drug-likeness (QED) is 0.884. The van der Waals surface area contributed by atoms with E-state index in [1.54, 1.807) is 0 Å². The number of benzene rings is 1. The fourth-order valence-corrected chi connectivity index (χ4v) is 3.50. The number of ether oxygens (including phenoxy) is 1. The fraction of sp³-hybridized carbons (Fsp3) is 0.571. The van der Waals surface area contributed by atoms with Crippen LogP contribution in [0.4, 0.5) is 0 Å². The Morgan fingerprint density at radius 3 is 2.45 bits per heavy atom. The average molecular weight is 298 g/mol. The summed E-state index contributed by atoms with van der Waals surface area (Å²) in [5.74, 6) is 0.710. The molecule has 5 nitrogen and oxygen atoms in total. The van der Waals surface area contributed by atoms with Crippen LogP contribution in [0.3, 0.4) is 0 Å². The number of rotatable bonds is 5. The minimum Gasteiger partial charge on any atom is -0.492 e. The third-order valence-electron chi connectivity index (χ3n) is 3.52. The zero-order valence-electron chi connectivity index (χ0n) is 11.8. The van der Waals surface area contributed by atoms with Gasteiger partial charge < -0.3 is 10.5 Å². The molecule has 1 heterocycles. The Bertz CT molecular complexity index is 520. The summed E-state index contributed by atoms with van der Waals surface area (Å²) in [7, 11) is -3.23. The van der Waals surface area contributed by atoms with E-state index in [2.05, 4.69) is 0 Å². The van der Waals surface area contributed by atoms with Crippen LogP contribution in [0.25, 0.3) is 0 Å². The van der Waals surface area contributed by atoms with E-state index in [1.165, 1.54) is 4.31 Å². The summed E-state index contributed by atoms with van der Waals surface area (Å²) < 4.78 is 31.3. The smallest absolute Gasteiger partial charge is 0.217 e. The molecule has 1 fully saturated rings. The number of hydrogen-bond acceptors (Lipinski definition) is 4. The minimum absolute atomic E-state index is 0.0100. The van der Waals surface area contributed by atoms with Crippen LogP contribution in [0.15, 0.2) is 24.3 Å². The van der Waals surface area contributed by atoms with Gasteiger partial charge >= 0.3 is 0 Å². The lowest BCUT2D eigenvalue weighted by Gasteiger charge is -2.29. The molecule has 112 valence electrons. The second-order valence-electron chi connectivity index (χ2n) is 5.21. The van der Waals surface area contributed by atoms with Crippen molar-refractivity contribution in [3.05, 3.63) is 29.8 Å². The van der Waals surface area contributed by atoms with Crippen LogP contribution in [-0.4, -0.2) is 44.2 Å². The van der Waals surface area contributed by atoms with Crippen molar-refractivity contribution in [2.45, 2.75) is 25.8 Å². The first kappa shape index (κ1) is 15.3. The highest BCUT2D eigenvalue weighted by Crippen LogP contribution is 2.14. The molecule has 0 aliphatic carbocycles. The maximum atomic E-state index is 12.1. The second-order valence-corrected chi connectivity index (χ2v) is 7.30. The van der Waals surface area contributed by atoms with Gasteiger partial charge in [0.2, 0.25) is 10.0 Å². The molecule has 0 atom stereocenters. The number of hydrogen-bond donors (Lipinski definition) is 1. The Labute approximate surface area is 120 Å². The summed E-state index contributed by atoms with van der Waals surface area (Å²) in [6.45, 7) is 3.21. The topological polar surface area (TPSA) is 72.6 Å². The summed E-state index contributed by atoms with van der Waals surface area (Å²) in [5, 5.41) is 0. The number of piperidine rings is 1. The van der Waals surface area contributed by atoms with E-state index >= 15 is 0 Å². The van der Waals surface area contributed by atoms with Gasteiger partial charge in [-0.2, -0.15) is 0 Å². The molecule has 0 spiro atoms. The van der Waals surface area contributed by atoms with Gasteiger partial charge in [-0.05, 0) is 31.9 Å². The normalized spacial score (nSPS) is 18.1. The second kappa shape index (κ2) is 6.56. The van der Waals surface area contributed by atoms with E-state index in [0.717, 1.165) is 18.4 Å². The lowest BCUT2D eigenvalue weighted by atomic mass is 10.1. The largest absolute Gasteiger partial charge is 0.492 e. The Kier molecular flexibility index (Phi) is 5.01. The maximum absolute atomic E-state index is 12.1. The summed E-state index contributed by atoms with van der Waals surface area (Å²) >= 11 is 0. The summed E-state index contributed by atoms with van der Waals surface area (Å²) in [6.07, 6.45) is 1.47. The number of aryl methyl sites for hydroxylation is 1. The van der Waals surface area contributed by atoms with Crippen molar-refractivity contribution in [2.24, 2.45) is 5.73 Å². The van der Waals surface area contributed by atoms with Gasteiger partial charge in [0.05, 0.1) is 5.75 Å². The molecular weight excluding hydrogens is 276 g/mol. The Balaban J connectivity index is 1.82. The molecule has 1 aliphatic rings. The Hall–Kier alpha value is -1.11. The van der Waals surface area contributed by atoms with Crippen molar-refractivity contribution in [1.82, 2.24) is 4.31 Å². The first-order valence-corrected chi connectivity index (χ1v) is 8.51. The summed E-state index contributed by atoms with van der Waals surface area (Å²) in [6, 6.07) is 7.71. The van der Waals surface area contributed by atoms with E-state index < -0.39 is 10.0 Å². The predicted molar refractivity (Wildman–Crippen MR) is 79.2 cm³/mol. The molecule has 0 unspecified atom stereocenters. The molecule has 0 saturated carbocycles. The van der Waals surface area contributed by atoms with Crippen molar-refractivity contribution in [2.75, 3.05) is 25.4 Å². The van der Waals surface area contributed by atoms with Gasteiger partial charge in [0, 0.05) is 19.1 Å². The van der Waals surface area contributed by atoms with E-state index in [4.69, 9.17) is 10.5 Å². The third kappa shape index (κ3) is 4.19. The SMILES string of the molecule is Cc1ccc(OCCS(=O)(=O)N2CCC(N)CC2)cc1. The van der Waals surface area contributed by atoms with Gasteiger partial charge in [-0.25, -0.2) is 12.7 Å². The Morgan fingerprint density at radius 2 is 1.85 bits per heavy atom. The molecule has 6 heteroatoms. The van der Waals surface area contributed by atoms with E-state index in [9.17, 15) is 8.42 Å². The van der Waals surface area contributed by atoms with Crippen LogP contribution in [-0.2, 0) is 10.0 Å². The number of sulfonamides is 1. The fourth-order valence-electron chi connectivity index (χ4n) is 2.18. The zero-order chi connectivity index (χ0) is 14.6. The molecule has 1 saturated heterocycles. The van der Waals surface area contributed by atoms with Crippen LogP contribution in [0.2, 0.25) is 0 Å². The highest BCUT2D eigenvalue weighted by molar-refractivity contribution is 7.89. The molecular formula is C14H22N2O3S. The molecule has 0 aromatic heterocycles. The monoisotopic (exact) mass is 298 g/mol. The predicted octanol–water partition coefficient (Wildman–Crippen LogP) is 1.13. The molecule has 0 radical (unpaired) electrons. The van der Waals surface area contributed by atoms with Crippen LogP contribution >= 0.6 is 0 Å². The van der Waals surface area contributed by atoms with Gasteiger partial charge in [0.25, 0.3) is 0 Å². The molecule has 0 amide bonds. The van der Waals surface area contributed by atoms with Gasteiger partial charge in [0.15, 0.2) is 0 Å². The van der Waals surface area contributed by atoms with E-state index in [0.29, 0.717) is 18.8 Å². The Morgan fingerprint density at radius 1 is 1.25 bits per heavy atom. The van der Waals surface area contributed by atoms with Gasteiger partial charge in [-0.15, -0.1) is 0 Å². The van der Waals surface area contributed by atoms with Crippen molar-refractivity contribution >= 4 is 10.0 Å². The lowest BCUT2D eigenvalue weighted by Crippen LogP contribution is -2.44. The van der Waals surface area contributed by atoms with Crippen molar-refractivity contribution in [3.8, 4) is 5.75 Å². The minimum atomic E-state index is -3.23.